The molecule has 112 valence electrons. The van der Waals surface area contributed by atoms with E-state index < -0.39 is 0 Å². The second-order valence-corrected chi connectivity index (χ2v) is 4.50. The van der Waals surface area contributed by atoms with Crippen molar-refractivity contribution in [2.45, 2.75) is 13.0 Å². The lowest BCUT2D eigenvalue weighted by atomic mass is 10.2. The molecule has 7 heteroatoms. The molecular weight excluding hydrogens is 330 g/mol. The zero-order valence-corrected chi connectivity index (χ0v) is 13.6. The fourth-order valence-electron chi connectivity index (χ4n) is 1.45. The zero-order valence-electron chi connectivity index (χ0n) is 10.5. The molecule has 0 aliphatic carbocycles. The standard InChI is InChI=1S/C12H18Cl2N2O.2ClH/c13-11-4-1-3-10(12(11)14)9-16-6-2-5-15-7-8-17;;/h1,3-4,15-17H,2,5-9H2;2*1H. The van der Waals surface area contributed by atoms with Crippen molar-refractivity contribution in [1.29, 1.82) is 0 Å². The summed E-state index contributed by atoms with van der Waals surface area (Å²) in [6.07, 6.45) is 1.01. The van der Waals surface area contributed by atoms with E-state index in [0.717, 1.165) is 31.6 Å². The Morgan fingerprint density at radius 1 is 1.00 bits per heavy atom. The summed E-state index contributed by atoms with van der Waals surface area (Å²) in [6.45, 7) is 3.36. The number of benzene rings is 1. The van der Waals surface area contributed by atoms with Gasteiger partial charge < -0.3 is 15.7 Å². The van der Waals surface area contributed by atoms with E-state index in [0.29, 0.717) is 16.6 Å². The van der Waals surface area contributed by atoms with Gasteiger partial charge in [-0.1, -0.05) is 35.3 Å². The van der Waals surface area contributed by atoms with Crippen LogP contribution in [-0.2, 0) is 6.54 Å². The quantitative estimate of drug-likeness (QED) is 0.632. The molecule has 0 unspecified atom stereocenters. The van der Waals surface area contributed by atoms with Crippen molar-refractivity contribution >= 4 is 48.0 Å². The minimum atomic E-state index is 0. The smallest absolute Gasteiger partial charge is 0.0637 e. The molecule has 1 rings (SSSR count). The minimum absolute atomic E-state index is 0. The van der Waals surface area contributed by atoms with E-state index in [1.54, 1.807) is 6.07 Å². The third-order valence-electron chi connectivity index (χ3n) is 2.34. The number of aliphatic hydroxyl groups is 1. The highest BCUT2D eigenvalue weighted by atomic mass is 35.5. The number of nitrogens with one attached hydrogen (secondary N) is 2. The number of aliphatic hydroxyl groups excluding tert-OH is 1. The van der Waals surface area contributed by atoms with Gasteiger partial charge in [0.15, 0.2) is 0 Å². The van der Waals surface area contributed by atoms with E-state index in [-0.39, 0.29) is 31.4 Å². The summed E-state index contributed by atoms with van der Waals surface area (Å²) in [5.74, 6) is 0. The van der Waals surface area contributed by atoms with Gasteiger partial charge in [-0.3, -0.25) is 0 Å². The molecule has 0 saturated carbocycles. The van der Waals surface area contributed by atoms with Crippen molar-refractivity contribution in [2.24, 2.45) is 0 Å². The van der Waals surface area contributed by atoms with E-state index in [1.807, 2.05) is 12.1 Å². The molecule has 1 aromatic rings. The summed E-state index contributed by atoms with van der Waals surface area (Å²) < 4.78 is 0. The SMILES string of the molecule is Cl.Cl.OCCNCCCNCc1cccc(Cl)c1Cl. The highest BCUT2D eigenvalue weighted by Gasteiger charge is 2.02. The topological polar surface area (TPSA) is 44.3 Å². The summed E-state index contributed by atoms with van der Waals surface area (Å²) >= 11 is 12.0. The van der Waals surface area contributed by atoms with Crippen LogP contribution < -0.4 is 10.6 Å². The molecule has 0 heterocycles. The number of hydrogen-bond donors (Lipinski definition) is 3. The van der Waals surface area contributed by atoms with E-state index >= 15 is 0 Å². The zero-order chi connectivity index (χ0) is 12.5. The average molecular weight is 350 g/mol. The summed E-state index contributed by atoms with van der Waals surface area (Å²) in [6, 6.07) is 5.64. The van der Waals surface area contributed by atoms with E-state index in [1.165, 1.54) is 0 Å². The maximum absolute atomic E-state index is 8.57. The molecule has 1 aromatic carbocycles. The van der Waals surface area contributed by atoms with Gasteiger partial charge in [-0.2, -0.15) is 0 Å². The second-order valence-electron chi connectivity index (χ2n) is 3.72. The van der Waals surface area contributed by atoms with Crippen LogP contribution in [-0.4, -0.2) is 31.3 Å². The highest BCUT2D eigenvalue weighted by Crippen LogP contribution is 2.25. The molecule has 0 saturated heterocycles. The summed E-state index contributed by atoms with van der Waals surface area (Å²) in [5.41, 5.74) is 1.02. The van der Waals surface area contributed by atoms with Crippen LogP contribution in [0.1, 0.15) is 12.0 Å². The molecule has 0 spiro atoms. The first-order valence-electron chi connectivity index (χ1n) is 5.71. The van der Waals surface area contributed by atoms with Crippen LogP contribution >= 0.6 is 48.0 Å². The summed E-state index contributed by atoms with van der Waals surface area (Å²) in [4.78, 5) is 0. The van der Waals surface area contributed by atoms with Crippen molar-refractivity contribution in [3.8, 4) is 0 Å². The Hall–Kier alpha value is 0.260. The van der Waals surface area contributed by atoms with Gasteiger partial charge in [0.2, 0.25) is 0 Å². The Morgan fingerprint density at radius 2 is 1.68 bits per heavy atom. The first kappa shape index (κ1) is 21.6. The normalized spacial score (nSPS) is 9.63. The fraction of sp³-hybridized carbons (Fsp3) is 0.500. The third kappa shape index (κ3) is 8.92. The van der Waals surface area contributed by atoms with Gasteiger partial charge in [0.25, 0.3) is 0 Å². The van der Waals surface area contributed by atoms with Gasteiger partial charge in [0.1, 0.15) is 0 Å². The lowest BCUT2D eigenvalue weighted by Gasteiger charge is -2.08. The fourth-order valence-corrected chi connectivity index (χ4v) is 1.84. The van der Waals surface area contributed by atoms with Gasteiger partial charge >= 0.3 is 0 Å². The largest absolute Gasteiger partial charge is 0.395 e. The van der Waals surface area contributed by atoms with Crippen molar-refractivity contribution < 1.29 is 5.11 Å². The molecular formula is C12H20Cl4N2O. The van der Waals surface area contributed by atoms with E-state index in [9.17, 15) is 0 Å². The van der Waals surface area contributed by atoms with Crippen molar-refractivity contribution in [2.75, 3.05) is 26.2 Å². The van der Waals surface area contributed by atoms with Gasteiger partial charge in [0, 0.05) is 13.1 Å². The van der Waals surface area contributed by atoms with Crippen LogP contribution in [0.25, 0.3) is 0 Å². The number of hydrogen-bond acceptors (Lipinski definition) is 3. The van der Waals surface area contributed by atoms with Crippen LogP contribution in [0.2, 0.25) is 10.0 Å². The maximum atomic E-state index is 8.57. The van der Waals surface area contributed by atoms with Crippen LogP contribution in [0.5, 0.6) is 0 Å². The summed E-state index contributed by atoms with van der Waals surface area (Å²) in [5, 5.41) is 16.2. The molecule has 0 bridgehead atoms. The Labute approximate surface area is 136 Å². The molecule has 0 amide bonds. The molecule has 0 aliphatic heterocycles. The highest BCUT2D eigenvalue weighted by molar-refractivity contribution is 6.42. The van der Waals surface area contributed by atoms with Gasteiger partial charge in [-0.15, -0.1) is 24.8 Å². The lowest BCUT2D eigenvalue weighted by molar-refractivity contribution is 0.292. The van der Waals surface area contributed by atoms with Crippen LogP contribution in [0.15, 0.2) is 18.2 Å². The Kier molecular flexibility index (Phi) is 15.0. The number of rotatable bonds is 8. The monoisotopic (exact) mass is 348 g/mol. The second kappa shape index (κ2) is 13.3. The predicted octanol–water partition coefficient (Wildman–Crippen LogP) is 2.90. The molecule has 19 heavy (non-hydrogen) atoms. The Morgan fingerprint density at radius 3 is 2.37 bits per heavy atom. The summed E-state index contributed by atoms with van der Waals surface area (Å²) in [7, 11) is 0. The first-order valence-corrected chi connectivity index (χ1v) is 6.46. The molecule has 0 atom stereocenters. The van der Waals surface area contributed by atoms with Crippen molar-refractivity contribution in [3.05, 3.63) is 33.8 Å². The number of halogens is 4. The molecule has 0 radical (unpaired) electrons. The molecule has 3 nitrogen and oxygen atoms in total. The Bertz CT molecular complexity index is 340. The maximum Gasteiger partial charge on any atom is 0.0637 e. The van der Waals surface area contributed by atoms with E-state index in [2.05, 4.69) is 10.6 Å². The van der Waals surface area contributed by atoms with Crippen LogP contribution in [0.3, 0.4) is 0 Å². The molecule has 0 aromatic heterocycles. The first-order chi connectivity index (χ1) is 8.25. The third-order valence-corrected chi connectivity index (χ3v) is 3.20. The molecule has 3 N–H and O–H groups in total. The predicted molar refractivity (Wildman–Crippen MR) is 87.2 cm³/mol. The Balaban J connectivity index is 0. The van der Waals surface area contributed by atoms with Crippen molar-refractivity contribution in [3.63, 3.8) is 0 Å². The van der Waals surface area contributed by atoms with Gasteiger partial charge in [-0.25, -0.2) is 0 Å². The molecule has 0 aliphatic rings. The van der Waals surface area contributed by atoms with Crippen molar-refractivity contribution in [1.82, 2.24) is 10.6 Å². The van der Waals surface area contributed by atoms with Gasteiger partial charge in [-0.05, 0) is 31.1 Å². The lowest BCUT2D eigenvalue weighted by Crippen LogP contribution is -2.23. The molecule has 0 fully saturated rings. The van der Waals surface area contributed by atoms with E-state index in [4.69, 9.17) is 28.3 Å². The van der Waals surface area contributed by atoms with Crippen LogP contribution in [0, 0.1) is 0 Å². The average Bonchev–Trinajstić information content (AvgIpc) is 2.33. The van der Waals surface area contributed by atoms with Crippen LogP contribution in [0.4, 0.5) is 0 Å². The minimum Gasteiger partial charge on any atom is -0.395 e. The van der Waals surface area contributed by atoms with Gasteiger partial charge in [0.05, 0.1) is 16.7 Å².